The van der Waals surface area contributed by atoms with Crippen LogP contribution in [-0.2, 0) is 4.79 Å². The second kappa shape index (κ2) is 7.79. The Morgan fingerprint density at radius 3 is 2.70 bits per heavy atom. The van der Waals surface area contributed by atoms with Gasteiger partial charge in [0.25, 0.3) is 0 Å². The predicted octanol–water partition coefficient (Wildman–Crippen LogP) is 3.34. The van der Waals surface area contributed by atoms with E-state index in [0.717, 1.165) is 12.5 Å². The van der Waals surface area contributed by atoms with Crippen molar-refractivity contribution in [2.24, 2.45) is 11.8 Å². The Labute approximate surface area is 126 Å². The van der Waals surface area contributed by atoms with Crippen molar-refractivity contribution in [3.8, 4) is 0 Å². The van der Waals surface area contributed by atoms with Gasteiger partial charge >= 0.3 is 0 Å². The highest BCUT2D eigenvalue weighted by Crippen LogP contribution is 2.37. The summed E-state index contributed by atoms with van der Waals surface area (Å²) in [6.45, 7) is 5.41. The molecule has 2 rings (SSSR count). The lowest BCUT2D eigenvalue weighted by atomic mass is 9.97. The second-order valence-corrected chi connectivity index (χ2v) is 6.92. The second-order valence-electron chi connectivity index (χ2n) is 5.94. The Bertz CT molecular complexity index is 397. The molecule has 1 aliphatic carbocycles. The molecule has 1 atom stereocenters. The van der Waals surface area contributed by atoms with E-state index in [2.05, 4.69) is 28.1 Å². The van der Waals surface area contributed by atoms with Gasteiger partial charge in [-0.05, 0) is 30.2 Å². The molecule has 0 saturated heterocycles. The van der Waals surface area contributed by atoms with Crippen LogP contribution in [0.25, 0.3) is 0 Å². The maximum Gasteiger partial charge on any atom is 0.222 e. The van der Waals surface area contributed by atoms with Gasteiger partial charge in [0, 0.05) is 29.9 Å². The molecule has 112 valence electrons. The van der Waals surface area contributed by atoms with Crippen molar-refractivity contribution in [3.05, 3.63) is 22.4 Å². The number of rotatable bonds is 7. The molecule has 0 aliphatic heterocycles. The fraction of sp³-hybridized carbons (Fsp3) is 0.688. The molecule has 1 saturated carbocycles. The Kier molecular flexibility index (Phi) is 6.05. The third-order valence-corrected chi connectivity index (χ3v) is 4.99. The van der Waals surface area contributed by atoms with E-state index < -0.39 is 0 Å². The quantitative estimate of drug-likeness (QED) is 0.757. The van der Waals surface area contributed by atoms with Crippen molar-refractivity contribution in [3.63, 3.8) is 0 Å². The van der Waals surface area contributed by atoms with E-state index >= 15 is 0 Å². The monoisotopic (exact) mass is 294 g/mol. The minimum Gasteiger partial charge on any atom is -0.355 e. The summed E-state index contributed by atoms with van der Waals surface area (Å²) in [5.74, 6) is 0.965. The first kappa shape index (κ1) is 15.5. The molecule has 1 aromatic heterocycles. The zero-order valence-corrected chi connectivity index (χ0v) is 13.3. The van der Waals surface area contributed by atoms with Crippen LogP contribution in [-0.4, -0.2) is 19.0 Å². The molecule has 3 nitrogen and oxygen atoms in total. The van der Waals surface area contributed by atoms with Crippen LogP contribution in [0.1, 0.15) is 50.4 Å². The molecule has 0 spiro atoms. The number of nitrogens with one attached hydrogen (secondary N) is 2. The van der Waals surface area contributed by atoms with Gasteiger partial charge in [-0.15, -0.1) is 11.3 Å². The van der Waals surface area contributed by atoms with Crippen LogP contribution in [0.15, 0.2) is 17.5 Å². The summed E-state index contributed by atoms with van der Waals surface area (Å²) in [6.07, 6.45) is 5.37. The number of amides is 1. The predicted molar refractivity (Wildman–Crippen MR) is 84.9 cm³/mol. The van der Waals surface area contributed by atoms with Gasteiger partial charge in [-0.1, -0.05) is 32.8 Å². The lowest BCUT2D eigenvalue weighted by Gasteiger charge is -2.24. The molecule has 1 amide bonds. The van der Waals surface area contributed by atoms with Crippen molar-refractivity contribution in [2.75, 3.05) is 13.1 Å². The minimum absolute atomic E-state index is 0.0675. The topological polar surface area (TPSA) is 41.1 Å². The lowest BCUT2D eigenvalue weighted by Crippen LogP contribution is -2.36. The van der Waals surface area contributed by atoms with E-state index in [0.29, 0.717) is 12.6 Å². The Morgan fingerprint density at radius 2 is 2.10 bits per heavy atom. The molecule has 4 heteroatoms. The zero-order chi connectivity index (χ0) is 14.4. The average Bonchev–Trinajstić information content (AvgIpc) is 3.11. The molecular weight excluding hydrogens is 268 g/mol. The molecule has 20 heavy (non-hydrogen) atoms. The molecule has 1 heterocycles. The minimum atomic E-state index is 0.0675. The van der Waals surface area contributed by atoms with Crippen LogP contribution in [0.2, 0.25) is 0 Å². The van der Waals surface area contributed by atoms with Crippen LogP contribution >= 0.6 is 11.3 Å². The van der Waals surface area contributed by atoms with Crippen LogP contribution in [0.4, 0.5) is 0 Å². The van der Waals surface area contributed by atoms with Gasteiger partial charge in [0.05, 0.1) is 0 Å². The summed E-state index contributed by atoms with van der Waals surface area (Å²) < 4.78 is 0. The van der Waals surface area contributed by atoms with Gasteiger partial charge in [-0.2, -0.15) is 0 Å². The van der Waals surface area contributed by atoms with Crippen LogP contribution in [0, 0.1) is 11.8 Å². The van der Waals surface area contributed by atoms with Crippen molar-refractivity contribution in [1.82, 2.24) is 10.6 Å². The number of carbonyl (C=O) groups excluding carboxylic acids is 1. The Balaban J connectivity index is 1.81. The number of hydrogen-bond acceptors (Lipinski definition) is 3. The van der Waals surface area contributed by atoms with Gasteiger partial charge in [-0.25, -0.2) is 0 Å². The first-order valence-corrected chi connectivity index (χ1v) is 8.61. The third kappa shape index (κ3) is 4.32. The van der Waals surface area contributed by atoms with Crippen molar-refractivity contribution in [1.29, 1.82) is 0 Å². The molecule has 0 radical (unpaired) electrons. The van der Waals surface area contributed by atoms with Crippen LogP contribution in [0.3, 0.4) is 0 Å². The highest BCUT2D eigenvalue weighted by Gasteiger charge is 2.26. The van der Waals surface area contributed by atoms with E-state index in [9.17, 15) is 4.79 Å². The number of carbonyl (C=O) groups is 1. The molecule has 2 N–H and O–H groups in total. The maximum absolute atomic E-state index is 11.5. The van der Waals surface area contributed by atoms with E-state index in [1.807, 2.05) is 25.2 Å². The summed E-state index contributed by atoms with van der Waals surface area (Å²) in [6, 6.07) is 4.82. The molecule has 1 unspecified atom stereocenters. The van der Waals surface area contributed by atoms with Crippen molar-refractivity contribution >= 4 is 17.2 Å². The van der Waals surface area contributed by atoms with E-state index in [-0.39, 0.29) is 11.8 Å². The van der Waals surface area contributed by atoms with Crippen LogP contribution in [0.5, 0.6) is 0 Å². The van der Waals surface area contributed by atoms with E-state index in [1.54, 1.807) is 0 Å². The highest BCUT2D eigenvalue weighted by molar-refractivity contribution is 7.10. The van der Waals surface area contributed by atoms with Crippen LogP contribution < -0.4 is 10.6 Å². The number of hydrogen-bond donors (Lipinski definition) is 2. The van der Waals surface area contributed by atoms with Gasteiger partial charge in [-0.3, -0.25) is 4.79 Å². The summed E-state index contributed by atoms with van der Waals surface area (Å²) in [5, 5.41) is 8.78. The first-order chi connectivity index (χ1) is 9.68. The summed E-state index contributed by atoms with van der Waals surface area (Å²) in [7, 11) is 0. The first-order valence-electron chi connectivity index (χ1n) is 7.73. The van der Waals surface area contributed by atoms with E-state index in [4.69, 9.17) is 0 Å². The molecule has 1 fully saturated rings. The fourth-order valence-electron chi connectivity index (χ4n) is 2.88. The van der Waals surface area contributed by atoms with Gasteiger partial charge < -0.3 is 10.6 Å². The SMILES string of the molecule is CC(C)C(=O)NCCNC(c1cccs1)C1CCCC1. The smallest absolute Gasteiger partial charge is 0.222 e. The third-order valence-electron chi connectivity index (χ3n) is 4.03. The zero-order valence-electron chi connectivity index (χ0n) is 12.5. The van der Waals surface area contributed by atoms with Crippen molar-refractivity contribution in [2.45, 2.75) is 45.6 Å². The summed E-state index contributed by atoms with van der Waals surface area (Å²) in [4.78, 5) is 13.0. The largest absolute Gasteiger partial charge is 0.355 e. The van der Waals surface area contributed by atoms with Gasteiger partial charge in [0.2, 0.25) is 5.91 Å². The molecule has 1 aromatic rings. The fourth-order valence-corrected chi connectivity index (χ4v) is 3.77. The molecular formula is C16H26N2OS. The molecule has 1 aliphatic rings. The number of thiophene rings is 1. The van der Waals surface area contributed by atoms with Gasteiger partial charge in [0.1, 0.15) is 0 Å². The summed E-state index contributed by atoms with van der Waals surface area (Å²) in [5.41, 5.74) is 0. The Hall–Kier alpha value is -0.870. The Morgan fingerprint density at radius 1 is 1.35 bits per heavy atom. The highest BCUT2D eigenvalue weighted by atomic mass is 32.1. The maximum atomic E-state index is 11.5. The normalized spacial score (nSPS) is 17.6. The van der Waals surface area contributed by atoms with E-state index in [1.165, 1.54) is 30.6 Å². The molecule has 0 bridgehead atoms. The molecule has 0 aromatic carbocycles. The standard InChI is InChI=1S/C16H26N2OS/c1-12(2)16(19)18-10-9-17-15(13-6-3-4-7-13)14-8-5-11-20-14/h5,8,11-13,15,17H,3-4,6-7,9-10H2,1-2H3,(H,18,19). The summed E-state index contributed by atoms with van der Waals surface area (Å²) >= 11 is 1.84. The van der Waals surface area contributed by atoms with Gasteiger partial charge in [0.15, 0.2) is 0 Å². The average molecular weight is 294 g/mol. The lowest BCUT2D eigenvalue weighted by molar-refractivity contribution is -0.123. The van der Waals surface area contributed by atoms with Crippen molar-refractivity contribution < 1.29 is 4.79 Å².